The lowest BCUT2D eigenvalue weighted by Crippen LogP contribution is -2.23. The fourth-order valence-electron chi connectivity index (χ4n) is 2.45. The molecular formula is C18H18ClN5O4S. The number of nitrogens with one attached hydrogen (secondary N) is 3. The highest BCUT2D eigenvalue weighted by atomic mass is 35.5. The molecule has 2 aromatic carbocycles. The van der Waals surface area contributed by atoms with Gasteiger partial charge < -0.3 is 10.1 Å². The van der Waals surface area contributed by atoms with Crippen LogP contribution in [0.1, 0.15) is 16.2 Å². The van der Waals surface area contributed by atoms with E-state index in [9.17, 15) is 13.2 Å². The van der Waals surface area contributed by atoms with E-state index in [0.717, 1.165) is 17.6 Å². The Morgan fingerprint density at radius 1 is 1.21 bits per heavy atom. The second kappa shape index (κ2) is 8.50. The van der Waals surface area contributed by atoms with Gasteiger partial charge in [0.25, 0.3) is 5.91 Å². The van der Waals surface area contributed by atoms with Crippen molar-refractivity contribution >= 4 is 33.2 Å². The Kier molecular flexibility index (Phi) is 6.04. The molecule has 1 amide bonds. The van der Waals surface area contributed by atoms with Gasteiger partial charge in [-0.2, -0.15) is 5.10 Å². The van der Waals surface area contributed by atoms with Gasteiger partial charge in [-0.05, 0) is 42.5 Å². The maximum Gasteiger partial charge on any atom is 0.251 e. The molecule has 0 unspecified atom stereocenters. The van der Waals surface area contributed by atoms with Crippen LogP contribution < -0.4 is 14.8 Å². The zero-order chi connectivity index (χ0) is 21.0. The lowest BCUT2D eigenvalue weighted by molar-refractivity contribution is 0.0950. The van der Waals surface area contributed by atoms with Gasteiger partial charge in [-0.15, -0.1) is 0 Å². The smallest absolute Gasteiger partial charge is 0.251 e. The molecule has 0 bridgehead atoms. The molecule has 0 saturated carbocycles. The number of aromatic nitrogens is 3. The van der Waals surface area contributed by atoms with Crippen LogP contribution in [0.25, 0.3) is 11.4 Å². The molecule has 0 fully saturated rings. The molecule has 3 rings (SSSR count). The first kappa shape index (κ1) is 20.6. The summed E-state index contributed by atoms with van der Waals surface area (Å²) < 4.78 is 30.2. The molecule has 0 aliphatic rings. The minimum Gasteiger partial charge on any atom is -0.497 e. The van der Waals surface area contributed by atoms with Gasteiger partial charge in [0.2, 0.25) is 10.0 Å². The standard InChI is InChI=1S/C18H18ClN5O4S/c1-28-13-6-3-11(4-7-13)17-21-16(22-23-17)10-20-18(25)12-5-8-14(19)15(9-12)24-29(2,26)27/h3-9,24H,10H2,1-2H3,(H,20,25)(H,21,22,23). The number of aromatic amines is 1. The number of carbonyl (C=O) groups excluding carboxylic acids is 1. The summed E-state index contributed by atoms with van der Waals surface area (Å²) in [5.74, 6) is 1.26. The quantitative estimate of drug-likeness (QED) is 0.523. The molecule has 152 valence electrons. The lowest BCUT2D eigenvalue weighted by atomic mass is 10.2. The average molecular weight is 436 g/mol. The molecule has 11 heteroatoms. The summed E-state index contributed by atoms with van der Waals surface area (Å²) in [6.45, 7) is 0.111. The van der Waals surface area contributed by atoms with Crippen LogP contribution in [-0.4, -0.2) is 42.9 Å². The summed E-state index contributed by atoms with van der Waals surface area (Å²) in [4.78, 5) is 16.7. The number of rotatable bonds is 7. The number of hydrogen-bond donors (Lipinski definition) is 3. The van der Waals surface area contributed by atoms with Crippen LogP contribution >= 0.6 is 11.6 Å². The minimum absolute atomic E-state index is 0.111. The van der Waals surface area contributed by atoms with Crippen molar-refractivity contribution in [1.29, 1.82) is 0 Å². The normalized spacial score (nSPS) is 11.1. The number of ether oxygens (including phenoxy) is 1. The minimum atomic E-state index is -3.52. The van der Waals surface area contributed by atoms with Crippen molar-refractivity contribution in [2.45, 2.75) is 6.54 Å². The third kappa shape index (κ3) is 5.46. The molecule has 3 N–H and O–H groups in total. The zero-order valence-electron chi connectivity index (χ0n) is 15.6. The predicted molar refractivity (Wildman–Crippen MR) is 109 cm³/mol. The maximum atomic E-state index is 12.4. The molecule has 0 spiro atoms. The molecule has 0 aliphatic carbocycles. The first-order valence-corrected chi connectivity index (χ1v) is 10.6. The van der Waals surface area contributed by atoms with Gasteiger partial charge >= 0.3 is 0 Å². The molecule has 0 saturated heterocycles. The van der Waals surface area contributed by atoms with Gasteiger partial charge in [-0.3, -0.25) is 14.6 Å². The van der Waals surface area contributed by atoms with Gasteiger partial charge in [0.05, 0.1) is 30.6 Å². The topological polar surface area (TPSA) is 126 Å². The van der Waals surface area contributed by atoms with Gasteiger partial charge in [0.1, 0.15) is 11.6 Å². The van der Waals surface area contributed by atoms with Crippen molar-refractivity contribution in [2.24, 2.45) is 0 Å². The van der Waals surface area contributed by atoms with Crippen LogP contribution in [0.4, 0.5) is 5.69 Å². The number of halogens is 1. The third-order valence-electron chi connectivity index (χ3n) is 3.82. The summed E-state index contributed by atoms with van der Waals surface area (Å²) >= 11 is 5.97. The summed E-state index contributed by atoms with van der Waals surface area (Å²) in [5, 5.41) is 9.79. The van der Waals surface area contributed by atoms with E-state index in [1.807, 2.05) is 12.1 Å². The Hall–Kier alpha value is -3.11. The number of benzene rings is 2. The van der Waals surface area contributed by atoms with E-state index >= 15 is 0 Å². The van der Waals surface area contributed by atoms with Crippen molar-refractivity contribution in [3.8, 4) is 17.1 Å². The molecule has 9 nitrogen and oxygen atoms in total. The summed E-state index contributed by atoms with van der Waals surface area (Å²) in [5.41, 5.74) is 1.17. The number of methoxy groups -OCH3 is 1. The number of sulfonamides is 1. The van der Waals surface area contributed by atoms with Crippen molar-refractivity contribution in [2.75, 3.05) is 18.1 Å². The highest BCUT2D eigenvalue weighted by Crippen LogP contribution is 2.24. The van der Waals surface area contributed by atoms with Crippen molar-refractivity contribution < 1.29 is 17.9 Å². The molecule has 1 aromatic heterocycles. The first-order valence-electron chi connectivity index (χ1n) is 8.36. The molecule has 0 radical (unpaired) electrons. The third-order valence-corrected chi connectivity index (χ3v) is 4.74. The van der Waals surface area contributed by atoms with E-state index in [-0.39, 0.29) is 22.8 Å². The van der Waals surface area contributed by atoms with E-state index < -0.39 is 15.9 Å². The van der Waals surface area contributed by atoms with E-state index in [2.05, 4.69) is 25.2 Å². The summed E-state index contributed by atoms with van der Waals surface area (Å²) in [7, 11) is -1.94. The van der Waals surface area contributed by atoms with Crippen LogP contribution in [0, 0.1) is 0 Å². The number of anilines is 1. The highest BCUT2D eigenvalue weighted by Gasteiger charge is 2.13. The number of hydrogen-bond acceptors (Lipinski definition) is 6. The Morgan fingerprint density at radius 3 is 2.59 bits per heavy atom. The highest BCUT2D eigenvalue weighted by molar-refractivity contribution is 7.92. The lowest BCUT2D eigenvalue weighted by Gasteiger charge is -2.09. The second-order valence-electron chi connectivity index (χ2n) is 6.09. The maximum absolute atomic E-state index is 12.4. The average Bonchev–Trinajstić information content (AvgIpc) is 3.16. The molecule has 0 atom stereocenters. The van der Waals surface area contributed by atoms with Gasteiger partial charge in [0.15, 0.2) is 5.82 Å². The van der Waals surface area contributed by atoms with Gasteiger partial charge in [-0.25, -0.2) is 13.4 Å². The summed E-state index contributed by atoms with van der Waals surface area (Å²) in [6, 6.07) is 11.6. The number of amides is 1. The molecule has 29 heavy (non-hydrogen) atoms. The van der Waals surface area contributed by atoms with Gasteiger partial charge in [0, 0.05) is 11.1 Å². The van der Waals surface area contributed by atoms with E-state index in [0.29, 0.717) is 11.6 Å². The predicted octanol–water partition coefficient (Wildman–Crippen LogP) is 2.44. The van der Waals surface area contributed by atoms with Crippen LogP contribution in [-0.2, 0) is 16.6 Å². The SMILES string of the molecule is COc1ccc(-c2n[nH]c(CNC(=O)c3ccc(Cl)c(NS(C)(=O)=O)c3)n2)cc1. The number of H-pyrrole nitrogens is 1. The van der Waals surface area contributed by atoms with E-state index in [1.165, 1.54) is 18.2 Å². The molecule has 1 heterocycles. The van der Waals surface area contributed by atoms with Gasteiger partial charge in [-0.1, -0.05) is 11.6 Å². The second-order valence-corrected chi connectivity index (χ2v) is 8.24. The number of carbonyl (C=O) groups is 1. The van der Waals surface area contributed by atoms with E-state index in [4.69, 9.17) is 16.3 Å². The van der Waals surface area contributed by atoms with Crippen LogP contribution in [0.3, 0.4) is 0 Å². The van der Waals surface area contributed by atoms with Crippen molar-refractivity contribution in [3.05, 3.63) is 58.9 Å². The largest absolute Gasteiger partial charge is 0.497 e. The monoisotopic (exact) mass is 435 g/mol. The summed E-state index contributed by atoms with van der Waals surface area (Å²) in [6.07, 6.45) is 1.00. The van der Waals surface area contributed by atoms with Crippen molar-refractivity contribution in [3.63, 3.8) is 0 Å². The Labute approximate surface area is 172 Å². The molecule has 0 aliphatic heterocycles. The Morgan fingerprint density at radius 2 is 1.93 bits per heavy atom. The van der Waals surface area contributed by atoms with Crippen LogP contribution in [0.15, 0.2) is 42.5 Å². The van der Waals surface area contributed by atoms with Crippen LogP contribution in [0.2, 0.25) is 5.02 Å². The fourth-order valence-corrected chi connectivity index (χ4v) is 3.24. The van der Waals surface area contributed by atoms with Crippen molar-refractivity contribution in [1.82, 2.24) is 20.5 Å². The fraction of sp³-hybridized carbons (Fsp3) is 0.167. The molecule has 3 aromatic rings. The zero-order valence-corrected chi connectivity index (χ0v) is 17.1. The Bertz CT molecular complexity index is 1130. The first-order chi connectivity index (χ1) is 13.7. The van der Waals surface area contributed by atoms with E-state index in [1.54, 1.807) is 19.2 Å². The number of nitrogens with zero attached hydrogens (tertiary/aromatic N) is 2. The van der Waals surface area contributed by atoms with Crippen LogP contribution in [0.5, 0.6) is 5.75 Å². The molecular weight excluding hydrogens is 418 g/mol. The Balaban J connectivity index is 1.66.